The first-order chi connectivity index (χ1) is 35.2. The summed E-state index contributed by atoms with van der Waals surface area (Å²) in [5, 5.41) is 3.55. The fourth-order valence-corrected chi connectivity index (χ4v) is 12.5. The molecule has 0 amide bonds. The van der Waals surface area contributed by atoms with Crippen molar-refractivity contribution < 1.29 is 24.5 Å². The van der Waals surface area contributed by atoms with Crippen LogP contribution in [0, 0.1) is 30.9 Å². The van der Waals surface area contributed by atoms with Crippen LogP contribution in [-0.2, 0) is 31.9 Å². The summed E-state index contributed by atoms with van der Waals surface area (Å²) in [6.45, 7) is 23.1. The molecule has 1 saturated carbocycles. The molecule has 11 rings (SSSR count). The number of rotatable bonds is 11. The first-order valence-electron chi connectivity index (χ1n) is 26.7. The second kappa shape index (κ2) is 21.9. The second-order valence-corrected chi connectivity index (χ2v) is 27.8. The van der Waals surface area contributed by atoms with Crippen molar-refractivity contribution in [3.8, 4) is 50.6 Å². The smallest absolute Gasteiger partial charge is 0.216 e. The first kappa shape index (κ1) is 52.6. The van der Waals surface area contributed by atoms with E-state index in [1.165, 1.54) is 48.4 Å². The Morgan fingerprint density at radius 1 is 0.743 bits per heavy atom. The zero-order chi connectivity index (χ0) is 51.0. The molecule has 379 valence electrons. The number of hydrogen-bond acceptors (Lipinski definition) is 4. The number of furan rings is 1. The van der Waals surface area contributed by atoms with Crippen LogP contribution in [0.4, 0.5) is 0 Å². The van der Waals surface area contributed by atoms with Crippen molar-refractivity contribution in [3.63, 3.8) is 0 Å². The summed E-state index contributed by atoms with van der Waals surface area (Å²) in [4.78, 5) is 15.3. The van der Waals surface area contributed by atoms with Crippen molar-refractivity contribution in [2.45, 2.75) is 118 Å². The summed E-state index contributed by atoms with van der Waals surface area (Å²) >= 11 is 0. The Morgan fingerprint density at radius 2 is 1.42 bits per heavy atom. The molecule has 0 aliphatic heterocycles. The molecule has 1 fully saturated rings. The van der Waals surface area contributed by atoms with Crippen LogP contribution in [0.5, 0.6) is 0 Å². The van der Waals surface area contributed by atoms with E-state index in [0.717, 1.165) is 102 Å². The Kier molecular flexibility index (Phi) is 15.6. The van der Waals surface area contributed by atoms with Gasteiger partial charge in [0.25, 0.3) is 0 Å². The zero-order valence-corrected chi connectivity index (χ0v) is 48.3. The Labute approximate surface area is 454 Å². The molecule has 1 aliphatic rings. The number of pyridine rings is 2. The molecule has 1 aliphatic carbocycles. The molecule has 2 atom stereocenters. The van der Waals surface area contributed by atoms with Crippen LogP contribution < -0.4 is 5.19 Å². The number of fused-ring (bicyclic) bond motifs is 4. The minimum Gasteiger partial charge on any atom is -0.486 e. The normalized spacial score (nSPS) is 14.0. The van der Waals surface area contributed by atoms with Gasteiger partial charge in [-0.15, -0.1) is 54.1 Å². The van der Waals surface area contributed by atoms with Crippen molar-refractivity contribution in [2.75, 3.05) is 0 Å². The minimum absolute atomic E-state index is 0. The van der Waals surface area contributed by atoms with Gasteiger partial charge in [0, 0.05) is 54.4 Å². The predicted molar refractivity (Wildman–Crippen MR) is 310 cm³/mol. The fourth-order valence-electron chi connectivity index (χ4n) is 10.9. The topological polar surface area (TPSA) is 56.7 Å². The van der Waals surface area contributed by atoms with Crippen molar-refractivity contribution >= 4 is 46.4 Å². The van der Waals surface area contributed by atoms with Crippen LogP contribution in [0.3, 0.4) is 0 Å². The molecule has 0 saturated heterocycles. The number of imidazole rings is 1. The summed E-state index contributed by atoms with van der Waals surface area (Å²) in [5.41, 5.74) is 17.0. The molecule has 0 N–H and O–H groups in total. The first-order valence-corrected chi connectivity index (χ1v) is 30.2. The van der Waals surface area contributed by atoms with Crippen LogP contribution in [0.1, 0.15) is 102 Å². The third kappa shape index (κ3) is 10.8. The van der Waals surface area contributed by atoms with Gasteiger partial charge in [-0.1, -0.05) is 170 Å². The van der Waals surface area contributed by atoms with E-state index >= 15 is 0 Å². The van der Waals surface area contributed by atoms with E-state index in [1.807, 2.05) is 24.3 Å². The molecule has 0 spiro atoms. The summed E-state index contributed by atoms with van der Waals surface area (Å²) in [6.07, 6.45) is 9.70. The molecule has 0 bridgehead atoms. The molecule has 6 aromatic carbocycles. The molecule has 1 radical (unpaired) electrons. The average molecular weight is 1170 g/mol. The number of aromatic nitrogens is 4. The molecule has 5 nitrogen and oxygen atoms in total. The van der Waals surface area contributed by atoms with Crippen LogP contribution in [0.15, 0.2) is 156 Å². The molecule has 7 heteroatoms. The van der Waals surface area contributed by atoms with Crippen molar-refractivity contribution in [2.24, 2.45) is 11.8 Å². The Morgan fingerprint density at radius 3 is 2.04 bits per heavy atom. The van der Waals surface area contributed by atoms with Gasteiger partial charge >= 0.3 is 0 Å². The number of hydrogen-bond donors (Lipinski definition) is 0. The summed E-state index contributed by atoms with van der Waals surface area (Å²) in [7, 11) is -1.35. The van der Waals surface area contributed by atoms with Crippen LogP contribution in [0.2, 0.25) is 19.6 Å². The molecule has 10 aromatic rings. The monoisotopic (exact) mass is 1170 g/mol. The third-order valence-electron chi connectivity index (χ3n) is 15.3. The molecule has 2 unspecified atom stereocenters. The molecule has 4 heterocycles. The van der Waals surface area contributed by atoms with Gasteiger partial charge in [-0.3, -0.25) is 4.98 Å². The Balaban J connectivity index is 0.000000258. The largest absolute Gasteiger partial charge is 0.486 e. The molecular formula is C67H70IrN4OSi-2. The maximum Gasteiger partial charge on any atom is 0.216 e. The van der Waals surface area contributed by atoms with Crippen LogP contribution in [0.25, 0.3) is 83.7 Å². The second-order valence-electron chi connectivity index (χ2n) is 22.8. The van der Waals surface area contributed by atoms with E-state index < -0.39 is 8.07 Å². The van der Waals surface area contributed by atoms with Gasteiger partial charge in [-0.2, -0.15) is 0 Å². The van der Waals surface area contributed by atoms with Gasteiger partial charge in [0.05, 0.1) is 36.2 Å². The van der Waals surface area contributed by atoms with E-state index in [-0.39, 0.29) is 25.5 Å². The van der Waals surface area contributed by atoms with Crippen LogP contribution >= 0.6 is 0 Å². The Bertz CT molecular complexity index is 3480. The summed E-state index contributed by atoms with van der Waals surface area (Å²) in [5.74, 6) is 2.60. The molecule has 74 heavy (non-hydrogen) atoms. The van der Waals surface area contributed by atoms with Gasteiger partial charge in [-0.25, -0.2) is 4.98 Å². The fraction of sp³-hybridized carbons (Fsp3) is 0.299. The quantitative estimate of drug-likeness (QED) is 0.0957. The average Bonchev–Trinajstić information content (AvgIpc) is 4.17. The van der Waals surface area contributed by atoms with E-state index in [4.69, 9.17) is 19.4 Å². The third-order valence-corrected chi connectivity index (χ3v) is 17.4. The molecular weight excluding hydrogens is 1100 g/mol. The molecule has 4 aromatic heterocycles. The van der Waals surface area contributed by atoms with Crippen molar-refractivity contribution in [3.05, 3.63) is 186 Å². The summed E-state index contributed by atoms with van der Waals surface area (Å²) < 4.78 is 9.15. The number of benzene rings is 6. The van der Waals surface area contributed by atoms with Crippen molar-refractivity contribution in [1.29, 1.82) is 0 Å². The van der Waals surface area contributed by atoms with Gasteiger partial charge in [0.2, 0.25) is 5.71 Å². The van der Waals surface area contributed by atoms with Gasteiger partial charge in [0.1, 0.15) is 0 Å². The minimum atomic E-state index is -1.35. The van der Waals surface area contributed by atoms with Gasteiger partial charge in [0.15, 0.2) is 0 Å². The number of nitrogens with zero attached hydrogens (tertiary/aromatic N) is 4. The van der Waals surface area contributed by atoms with E-state index in [1.54, 1.807) is 0 Å². The van der Waals surface area contributed by atoms with Crippen molar-refractivity contribution in [1.82, 2.24) is 19.5 Å². The van der Waals surface area contributed by atoms with Gasteiger partial charge in [-0.05, 0) is 113 Å². The van der Waals surface area contributed by atoms with E-state index in [9.17, 15) is 0 Å². The predicted octanol–water partition coefficient (Wildman–Crippen LogP) is 17.7. The van der Waals surface area contributed by atoms with Gasteiger partial charge < -0.3 is 14.0 Å². The van der Waals surface area contributed by atoms with E-state index in [2.05, 4.69) is 212 Å². The SMILES string of the molecule is CCC(C)Cc1cc(-c2[c-]cccc2)ncc1[Si](C)(C)C.Cc1ccc2c(c1)nc(-c1[c-]ccc3c1oc1nc(C(C)C4CCCC4)ccc13)n2-c1c(-c2ccccc2)cc(C(C)(C)C)cc1-c1ccccc1.[Ir]. The van der Waals surface area contributed by atoms with Crippen LogP contribution in [-0.4, -0.2) is 27.6 Å². The Hall–Kier alpha value is -6.24. The zero-order valence-electron chi connectivity index (χ0n) is 44.9. The number of aryl methyl sites for hydroxylation is 1. The standard InChI is InChI=1S/C48H44N3O.C19H26NSi.Ir/c1-30-23-26-43-42(27-30)49-46(38-22-14-21-36-37-24-25-41(50-47(37)52-45(36)38)31(2)32-15-12-13-16-32)51(43)44-39(33-17-8-6-9-18-33)28-35(48(3,4)5)29-40(44)34-19-10-7-11-20-34;1-6-15(2)12-17-13-18(16-10-8-7-9-11-16)20-14-19(17)21(3,4)5;/h6-11,14,17-21,23-29,31-32H,12-13,15-16H2,1-5H3;7-10,13-15H,6,12H2,1-5H3;/q2*-1;. The maximum atomic E-state index is 6.80. The summed E-state index contributed by atoms with van der Waals surface area (Å²) in [6, 6.07) is 58.7. The van der Waals surface area contributed by atoms with E-state index in [0.29, 0.717) is 17.5 Å². The maximum absolute atomic E-state index is 6.80.